The van der Waals surface area contributed by atoms with E-state index >= 15 is 0 Å². The normalized spacial score (nSPS) is 23.8. The van der Waals surface area contributed by atoms with Crippen LogP contribution in [0.15, 0.2) is 29.4 Å². The van der Waals surface area contributed by atoms with Gasteiger partial charge >= 0.3 is 0 Å². The molecule has 1 atom stereocenters. The third kappa shape index (κ3) is 3.53. The molecule has 4 heteroatoms. The molecule has 0 N–H and O–H groups in total. The Morgan fingerprint density at radius 2 is 2.21 bits per heavy atom. The first kappa shape index (κ1) is 12.6. The highest BCUT2D eigenvalue weighted by Gasteiger charge is 2.22. The zero-order chi connectivity index (χ0) is 13.1. The van der Waals surface area contributed by atoms with Crippen molar-refractivity contribution in [1.29, 1.82) is 0 Å². The summed E-state index contributed by atoms with van der Waals surface area (Å²) in [6.07, 6.45) is 6.11. The number of carbonyl (C=O) groups excluding carboxylic acids is 1. The molecular formula is C15H20N2O2. The topological polar surface area (TPSA) is 43.6 Å². The maximum absolute atomic E-state index is 12.0. The van der Waals surface area contributed by atoms with Gasteiger partial charge in [-0.15, -0.1) is 0 Å². The Balaban J connectivity index is 1.71. The van der Waals surface area contributed by atoms with E-state index in [-0.39, 0.29) is 5.91 Å². The number of amides is 1. The van der Waals surface area contributed by atoms with Crippen molar-refractivity contribution in [2.24, 2.45) is 16.8 Å². The molecule has 1 aliphatic carbocycles. The average Bonchev–Trinajstić information content (AvgIpc) is 3.07. The van der Waals surface area contributed by atoms with Gasteiger partial charge in [0, 0.05) is 32.4 Å². The van der Waals surface area contributed by atoms with Crippen molar-refractivity contribution in [3.05, 3.63) is 29.9 Å². The Labute approximate surface area is 113 Å². The van der Waals surface area contributed by atoms with Gasteiger partial charge in [0.15, 0.2) is 0 Å². The van der Waals surface area contributed by atoms with Gasteiger partial charge in [-0.2, -0.15) is 4.99 Å². The van der Waals surface area contributed by atoms with Crippen LogP contribution in [0, 0.1) is 11.8 Å². The Morgan fingerprint density at radius 1 is 1.32 bits per heavy atom. The predicted molar refractivity (Wildman–Crippen MR) is 71.3 cm³/mol. The number of nitrogens with zero attached hydrogens (tertiary/aromatic N) is 2. The van der Waals surface area contributed by atoms with Crippen LogP contribution >= 0.6 is 0 Å². The van der Waals surface area contributed by atoms with Gasteiger partial charge in [0.05, 0.1) is 0 Å². The third-order valence-electron chi connectivity index (χ3n) is 3.80. The molecule has 102 valence electrons. The van der Waals surface area contributed by atoms with Gasteiger partial charge in [-0.1, -0.05) is 6.07 Å². The van der Waals surface area contributed by atoms with Gasteiger partial charge in [0.25, 0.3) is 0 Å². The van der Waals surface area contributed by atoms with Gasteiger partial charge in [-0.3, -0.25) is 4.79 Å². The Morgan fingerprint density at radius 3 is 2.95 bits per heavy atom. The minimum absolute atomic E-state index is 0.0220. The fraction of sp³-hybridized carbons (Fsp3) is 0.600. The molecule has 0 bridgehead atoms. The van der Waals surface area contributed by atoms with Crippen LogP contribution in [0.5, 0.6) is 0 Å². The minimum Gasteiger partial charge on any atom is -0.381 e. The fourth-order valence-electron chi connectivity index (χ4n) is 2.47. The highest BCUT2D eigenvalue weighted by Crippen LogP contribution is 2.29. The average molecular weight is 260 g/mol. The van der Waals surface area contributed by atoms with Crippen LogP contribution in [0.2, 0.25) is 0 Å². The van der Waals surface area contributed by atoms with Crippen molar-refractivity contribution in [2.75, 3.05) is 13.2 Å². The van der Waals surface area contributed by atoms with Crippen molar-refractivity contribution in [2.45, 2.75) is 32.2 Å². The monoisotopic (exact) mass is 260 g/mol. The predicted octanol–water partition coefficient (Wildman–Crippen LogP) is 1.75. The number of carbonyl (C=O) groups is 1. The van der Waals surface area contributed by atoms with Crippen LogP contribution in [0.3, 0.4) is 0 Å². The van der Waals surface area contributed by atoms with Crippen molar-refractivity contribution in [3.63, 3.8) is 0 Å². The zero-order valence-electron chi connectivity index (χ0n) is 11.1. The lowest BCUT2D eigenvalue weighted by atomic mass is 10.1. The Hall–Kier alpha value is -1.42. The van der Waals surface area contributed by atoms with Gasteiger partial charge in [0.1, 0.15) is 5.49 Å². The first-order valence-electron chi connectivity index (χ1n) is 7.12. The van der Waals surface area contributed by atoms with Crippen molar-refractivity contribution >= 4 is 5.91 Å². The maximum Gasteiger partial charge on any atom is 0.248 e. The van der Waals surface area contributed by atoms with Crippen LogP contribution in [0.4, 0.5) is 0 Å². The number of aromatic nitrogens is 1. The quantitative estimate of drug-likeness (QED) is 0.828. The molecule has 2 aliphatic rings. The van der Waals surface area contributed by atoms with E-state index in [0.29, 0.717) is 18.9 Å². The summed E-state index contributed by atoms with van der Waals surface area (Å²) in [5.41, 5.74) is 0.790. The largest absolute Gasteiger partial charge is 0.381 e. The van der Waals surface area contributed by atoms with Crippen LogP contribution in [0.25, 0.3) is 0 Å². The molecule has 1 aromatic rings. The molecule has 1 saturated carbocycles. The zero-order valence-corrected chi connectivity index (χ0v) is 11.1. The molecule has 1 aromatic heterocycles. The minimum atomic E-state index is -0.0220. The van der Waals surface area contributed by atoms with Crippen LogP contribution in [-0.4, -0.2) is 23.7 Å². The van der Waals surface area contributed by atoms with Crippen LogP contribution < -0.4 is 5.49 Å². The molecule has 0 spiro atoms. The van der Waals surface area contributed by atoms with Gasteiger partial charge in [0.2, 0.25) is 5.91 Å². The van der Waals surface area contributed by atoms with Crippen molar-refractivity contribution in [3.8, 4) is 0 Å². The van der Waals surface area contributed by atoms with Crippen molar-refractivity contribution in [1.82, 2.24) is 4.57 Å². The molecule has 1 unspecified atom stereocenters. The summed E-state index contributed by atoms with van der Waals surface area (Å²) in [6.45, 7) is 2.47. The molecule has 1 saturated heterocycles. The highest BCUT2D eigenvalue weighted by atomic mass is 16.5. The number of hydrogen-bond acceptors (Lipinski definition) is 2. The molecule has 2 fully saturated rings. The summed E-state index contributed by atoms with van der Waals surface area (Å²) in [4.78, 5) is 16.3. The summed E-state index contributed by atoms with van der Waals surface area (Å²) in [5.74, 6) is 1.11. The summed E-state index contributed by atoms with van der Waals surface area (Å²) in [7, 11) is 0. The van der Waals surface area contributed by atoms with Gasteiger partial charge < -0.3 is 9.30 Å². The molecular weight excluding hydrogens is 240 g/mol. The molecule has 1 aliphatic heterocycles. The molecule has 0 radical (unpaired) electrons. The number of hydrogen-bond donors (Lipinski definition) is 0. The van der Waals surface area contributed by atoms with E-state index in [0.717, 1.165) is 31.0 Å². The second kappa shape index (κ2) is 5.70. The van der Waals surface area contributed by atoms with E-state index in [4.69, 9.17) is 4.74 Å². The molecule has 19 heavy (non-hydrogen) atoms. The van der Waals surface area contributed by atoms with E-state index < -0.39 is 0 Å². The maximum atomic E-state index is 12.0. The lowest BCUT2D eigenvalue weighted by molar-refractivity contribution is -0.119. The SMILES string of the molecule is O=C(CC1CCOC1)/N=c1\ccccn1CC1CC1. The number of pyridine rings is 1. The lowest BCUT2D eigenvalue weighted by Crippen LogP contribution is -2.23. The first-order valence-corrected chi connectivity index (χ1v) is 7.12. The van der Waals surface area contributed by atoms with E-state index in [1.54, 1.807) is 0 Å². The first-order chi connectivity index (χ1) is 9.31. The van der Waals surface area contributed by atoms with Crippen LogP contribution in [0.1, 0.15) is 25.7 Å². The standard InChI is InChI=1S/C15H20N2O2/c18-15(9-13-6-8-19-11-13)16-14-3-1-2-7-17(14)10-12-4-5-12/h1-3,7,12-13H,4-6,8-11H2/b16-14+. The molecule has 0 aromatic carbocycles. The highest BCUT2D eigenvalue weighted by molar-refractivity contribution is 5.77. The van der Waals surface area contributed by atoms with E-state index in [1.807, 2.05) is 24.4 Å². The van der Waals surface area contributed by atoms with E-state index in [1.165, 1.54) is 12.8 Å². The summed E-state index contributed by atoms with van der Waals surface area (Å²) in [6, 6.07) is 5.86. The Kier molecular flexibility index (Phi) is 3.78. The molecule has 4 nitrogen and oxygen atoms in total. The molecule has 2 heterocycles. The van der Waals surface area contributed by atoms with E-state index in [2.05, 4.69) is 9.56 Å². The number of rotatable bonds is 4. The second-order valence-corrected chi connectivity index (χ2v) is 5.59. The number of ether oxygens (including phenoxy) is 1. The lowest BCUT2D eigenvalue weighted by Gasteiger charge is -2.06. The Bertz CT molecular complexity index is 511. The van der Waals surface area contributed by atoms with E-state index in [9.17, 15) is 4.79 Å². The van der Waals surface area contributed by atoms with Crippen LogP contribution in [-0.2, 0) is 16.1 Å². The van der Waals surface area contributed by atoms with Crippen molar-refractivity contribution < 1.29 is 9.53 Å². The third-order valence-corrected chi connectivity index (χ3v) is 3.80. The van der Waals surface area contributed by atoms with Gasteiger partial charge in [-0.05, 0) is 43.2 Å². The summed E-state index contributed by atoms with van der Waals surface area (Å²) in [5, 5.41) is 0. The second-order valence-electron chi connectivity index (χ2n) is 5.59. The summed E-state index contributed by atoms with van der Waals surface area (Å²) >= 11 is 0. The van der Waals surface area contributed by atoms with Gasteiger partial charge in [-0.25, -0.2) is 0 Å². The smallest absolute Gasteiger partial charge is 0.248 e. The summed E-state index contributed by atoms with van der Waals surface area (Å²) < 4.78 is 7.39. The molecule has 3 rings (SSSR count). The molecule has 1 amide bonds. The fourth-order valence-corrected chi connectivity index (χ4v) is 2.47.